The van der Waals surface area contributed by atoms with Crippen LogP contribution in [0, 0.1) is 19.8 Å². The summed E-state index contributed by atoms with van der Waals surface area (Å²) in [7, 11) is 0. The average Bonchev–Trinajstić information content (AvgIpc) is 2.93. The van der Waals surface area contributed by atoms with E-state index < -0.39 is 0 Å². The number of carbonyl (C=O) groups excluding carboxylic acids is 1. The molecule has 25 heavy (non-hydrogen) atoms. The number of benzene rings is 1. The third-order valence-electron chi connectivity index (χ3n) is 5.30. The summed E-state index contributed by atoms with van der Waals surface area (Å²) in [5.74, 6) is 0.471. The van der Waals surface area contributed by atoms with Crippen molar-refractivity contribution in [2.75, 3.05) is 31.1 Å². The Morgan fingerprint density at radius 3 is 2.52 bits per heavy atom. The zero-order chi connectivity index (χ0) is 18.0. The van der Waals surface area contributed by atoms with Crippen LogP contribution in [0.3, 0.4) is 0 Å². The Hall–Kier alpha value is -1.46. The quantitative estimate of drug-likeness (QED) is 0.736. The summed E-state index contributed by atoms with van der Waals surface area (Å²) in [4.78, 5) is 22.2. The minimum absolute atomic E-state index is 0.201. The number of aromatic nitrogens is 1. The smallest absolute Gasteiger partial charge is 0.231 e. The number of anilines is 1. The summed E-state index contributed by atoms with van der Waals surface area (Å²) in [6, 6.07) is 4.35. The third kappa shape index (κ3) is 3.87. The fourth-order valence-corrected chi connectivity index (χ4v) is 4.60. The second kappa shape index (κ2) is 7.83. The number of nitrogens with zero attached hydrogens (tertiary/aromatic N) is 3. The highest BCUT2D eigenvalue weighted by Crippen LogP contribution is 2.35. The molecule has 1 saturated carbocycles. The monoisotopic (exact) mass is 359 g/mol. The number of amides is 1. The van der Waals surface area contributed by atoms with Gasteiger partial charge >= 0.3 is 0 Å². The van der Waals surface area contributed by atoms with E-state index in [-0.39, 0.29) is 11.8 Å². The summed E-state index contributed by atoms with van der Waals surface area (Å²) in [6.07, 6.45) is 3.24. The van der Waals surface area contributed by atoms with Gasteiger partial charge in [0.25, 0.3) is 0 Å². The van der Waals surface area contributed by atoms with E-state index in [0.717, 1.165) is 49.7 Å². The van der Waals surface area contributed by atoms with Crippen molar-refractivity contribution in [1.29, 1.82) is 0 Å². The van der Waals surface area contributed by atoms with Gasteiger partial charge in [0.15, 0.2) is 5.13 Å². The Bertz CT molecular complexity index is 747. The molecule has 0 atom stereocenters. The minimum Gasteiger partial charge on any atom is -0.302 e. The number of carbonyl (C=O) groups is 1. The highest BCUT2D eigenvalue weighted by atomic mass is 32.1. The molecule has 1 aliphatic rings. The number of hydrogen-bond acceptors (Lipinski definition) is 4. The molecule has 4 nitrogen and oxygen atoms in total. The van der Waals surface area contributed by atoms with Crippen LogP contribution >= 0.6 is 11.3 Å². The van der Waals surface area contributed by atoms with Crippen LogP contribution in [-0.2, 0) is 4.79 Å². The number of thiazole rings is 1. The first-order valence-corrected chi connectivity index (χ1v) is 10.3. The third-order valence-corrected chi connectivity index (χ3v) is 6.33. The van der Waals surface area contributed by atoms with Crippen molar-refractivity contribution >= 4 is 32.6 Å². The lowest BCUT2D eigenvalue weighted by Crippen LogP contribution is -2.43. The molecule has 136 valence electrons. The van der Waals surface area contributed by atoms with Crippen molar-refractivity contribution in [3.8, 4) is 0 Å². The van der Waals surface area contributed by atoms with E-state index in [1.54, 1.807) is 11.3 Å². The van der Waals surface area contributed by atoms with Gasteiger partial charge in [0, 0.05) is 19.0 Å². The van der Waals surface area contributed by atoms with Gasteiger partial charge in [-0.1, -0.05) is 37.7 Å². The first-order chi connectivity index (χ1) is 12.0. The van der Waals surface area contributed by atoms with Gasteiger partial charge in [0.05, 0.1) is 10.2 Å². The second-order valence-corrected chi connectivity index (χ2v) is 8.08. The minimum atomic E-state index is 0.201. The van der Waals surface area contributed by atoms with E-state index >= 15 is 0 Å². The molecule has 2 aromatic rings. The van der Waals surface area contributed by atoms with E-state index in [2.05, 4.69) is 44.7 Å². The van der Waals surface area contributed by atoms with E-state index in [1.807, 2.05) is 4.90 Å². The van der Waals surface area contributed by atoms with Crippen molar-refractivity contribution < 1.29 is 4.79 Å². The van der Waals surface area contributed by atoms with Gasteiger partial charge in [-0.05, 0) is 57.0 Å². The highest BCUT2D eigenvalue weighted by Gasteiger charge is 2.31. The number of hydrogen-bond donors (Lipinski definition) is 0. The number of rotatable bonds is 7. The van der Waals surface area contributed by atoms with Crippen LogP contribution in [0.25, 0.3) is 10.2 Å². The maximum absolute atomic E-state index is 13.0. The Balaban J connectivity index is 1.90. The number of fused-ring (bicyclic) bond motifs is 1. The van der Waals surface area contributed by atoms with Crippen molar-refractivity contribution in [1.82, 2.24) is 9.88 Å². The Morgan fingerprint density at radius 1 is 1.20 bits per heavy atom. The first-order valence-electron chi connectivity index (χ1n) is 9.45. The predicted octanol–water partition coefficient (Wildman–Crippen LogP) is 4.39. The normalized spacial score (nSPS) is 14.9. The van der Waals surface area contributed by atoms with Crippen molar-refractivity contribution in [2.45, 2.75) is 47.0 Å². The van der Waals surface area contributed by atoms with Crippen LogP contribution < -0.4 is 4.90 Å². The summed E-state index contributed by atoms with van der Waals surface area (Å²) in [5.41, 5.74) is 3.48. The van der Waals surface area contributed by atoms with E-state index in [1.165, 1.54) is 22.2 Å². The van der Waals surface area contributed by atoms with Crippen LogP contribution in [0.2, 0.25) is 0 Å². The lowest BCUT2D eigenvalue weighted by molar-refractivity contribution is -0.124. The molecule has 3 rings (SSSR count). The Morgan fingerprint density at radius 2 is 1.92 bits per heavy atom. The van der Waals surface area contributed by atoms with Gasteiger partial charge in [-0.2, -0.15) is 0 Å². The lowest BCUT2D eigenvalue weighted by Gasteiger charge is -2.31. The molecule has 1 aliphatic carbocycles. The summed E-state index contributed by atoms with van der Waals surface area (Å²) >= 11 is 1.66. The summed E-state index contributed by atoms with van der Waals surface area (Å²) in [6.45, 7) is 12.2. The molecule has 1 aromatic carbocycles. The van der Waals surface area contributed by atoms with Crippen molar-refractivity contribution in [3.05, 3.63) is 23.3 Å². The number of aryl methyl sites for hydroxylation is 2. The molecule has 1 fully saturated rings. The molecule has 0 bridgehead atoms. The Labute approximate surface area is 154 Å². The van der Waals surface area contributed by atoms with Gasteiger partial charge in [0.2, 0.25) is 5.91 Å². The predicted molar refractivity (Wildman–Crippen MR) is 107 cm³/mol. The molecule has 5 heteroatoms. The molecular formula is C20H29N3OS. The van der Waals surface area contributed by atoms with Crippen molar-refractivity contribution in [3.63, 3.8) is 0 Å². The SMILES string of the molecule is CCN(CC)CCN(C(=O)C1CCC1)c1nc2c(C)cc(C)cc2s1. The fourth-order valence-electron chi connectivity index (χ4n) is 3.43. The highest BCUT2D eigenvalue weighted by molar-refractivity contribution is 7.22. The van der Waals surface area contributed by atoms with Gasteiger partial charge in [-0.3, -0.25) is 9.69 Å². The molecule has 1 aromatic heterocycles. The van der Waals surface area contributed by atoms with E-state index in [9.17, 15) is 4.79 Å². The molecule has 0 spiro atoms. The molecule has 0 unspecified atom stereocenters. The van der Waals surface area contributed by atoms with Crippen molar-refractivity contribution in [2.24, 2.45) is 5.92 Å². The fraction of sp³-hybridized carbons (Fsp3) is 0.600. The molecule has 1 heterocycles. The van der Waals surface area contributed by atoms with Gasteiger partial charge in [-0.25, -0.2) is 4.98 Å². The van der Waals surface area contributed by atoms with Crippen LogP contribution in [0.4, 0.5) is 5.13 Å². The van der Waals surface area contributed by atoms with Gasteiger partial charge in [-0.15, -0.1) is 0 Å². The summed E-state index contributed by atoms with van der Waals surface area (Å²) in [5, 5.41) is 0.868. The summed E-state index contributed by atoms with van der Waals surface area (Å²) < 4.78 is 1.18. The average molecular weight is 360 g/mol. The first kappa shape index (κ1) is 18.3. The van der Waals surface area contributed by atoms with E-state index in [0.29, 0.717) is 0 Å². The zero-order valence-corrected chi connectivity index (χ0v) is 16.7. The molecule has 1 amide bonds. The maximum atomic E-state index is 13.0. The molecule has 0 aliphatic heterocycles. The lowest BCUT2D eigenvalue weighted by atomic mass is 9.84. The van der Waals surface area contributed by atoms with Crippen LogP contribution in [0.15, 0.2) is 12.1 Å². The largest absolute Gasteiger partial charge is 0.302 e. The zero-order valence-electron chi connectivity index (χ0n) is 15.8. The van der Waals surface area contributed by atoms with Gasteiger partial charge < -0.3 is 4.90 Å². The molecule has 0 radical (unpaired) electrons. The molecule has 0 N–H and O–H groups in total. The van der Waals surface area contributed by atoms with E-state index in [4.69, 9.17) is 4.98 Å². The van der Waals surface area contributed by atoms with Crippen LogP contribution in [0.1, 0.15) is 44.2 Å². The Kier molecular flexibility index (Phi) is 5.74. The second-order valence-electron chi connectivity index (χ2n) is 7.07. The maximum Gasteiger partial charge on any atom is 0.231 e. The number of likely N-dealkylation sites (N-methyl/N-ethyl adjacent to an activating group) is 1. The molecular weight excluding hydrogens is 330 g/mol. The van der Waals surface area contributed by atoms with Crippen LogP contribution in [0.5, 0.6) is 0 Å². The van der Waals surface area contributed by atoms with Gasteiger partial charge in [0.1, 0.15) is 0 Å². The molecule has 0 saturated heterocycles. The standard InChI is InChI=1S/C20H29N3OS/c1-5-22(6-2)10-11-23(19(24)16-8-7-9-16)20-21-18-15(4)12-14(3)13-17(18)25-20/h12-13,16H,5-11H2,1-4H3. The van der Waals surface area contributed by atoms with Crippen LogP contribution in [-0.4, -0.2) is 42.0 Å². The topological polar surface area (TPSA) is 36.4 Å².